The summed E-state index contributed by atoms with van der Waals surface area (Å²) >= 11 is 19.8. The topological polar surface area (TPSA) is 36.9 Å². The van der Waals surface area contributed by atoms with Crippen LogP contribution in [0.25, 0.3) is 0 Å². The average Bonchev–Trinajstić information content (AvgIpc) is 2.66. The van der Waals surface area contributed by atoms with Gasteiger partial charge in [0, 0.05) is 50.8 Å². The SMILES string of the molecule is CCC1OCC1[S-].CCC1OCC1[S-].CCC1OCC1[S-].CCC1OCC1[S-].[Zr+4]. The van der Waals surface area contributed by atoms with E-state index in [1.807, 2.05) is 0 Å². The second-order valence-corrected chi connectivity index (χ2v) is 9.70. The van der Waals surface area contributed by atoms with Gasteiger partial charge in [-0.3, -0.25) is 0 Å². The molecule has 4 fully saturated rings. The van der Waals surface area contributed by atoms with Crippen LogP contribution in [0.15, 0.2) is 0 Å². The van der Waals surface area contributed by atoms with Crippen LogP contribution in [0, 0.1) is 0 Å². The predicted molar refractivity (Wildman–Crippen MR) is 125 cm³/mol. The minimum absolute atomic E-state index is 0. The van der Waals surface area contributed by atoms with E-state index in [0.29, 0.717) is 45.4 Å². The molecule has 0 aromatic rings. The summed E-state index contributed by atoms with van der Waals surface area (Å²) in [6.07, 6.45) is 5.90. The monoisotopic (exact) mass is 558 g/mol. The number of ether oxygens (including phenoxy) is 4. The van der Waals surface area contributed by atoms with Crippen molar-refractivity contribution in [2.24, 2.45) is 0 Å². The molecule has 168 valence electrons. The molecule has 9 heteroatoms. The maximum Gasteiger partial charge on any atom is 4.00 e. The van der Waals surface area contributed by atoms with Gasteiger partial charge in [-0.05, 0) is 25.7 Å². The Morgan fingerprint density at radius 1 is 0.483 bits per heavy atom. The number of rotatable bonds is 4. The first kappa shape index (κ1) is 31.1. The first-order chi connectivity index (χ1) is 13.4. The van der Waals surface area contributed by atoms with Crippen molar-refractivity contribution in [3.05, 3.63) is 0 Å². The van der Waals surface area contributed by atoms with Gasteiger partial charge in [-0.15, -0.1) is 21.0 Å². The van der Waals surface area contributed by atoms with Crippen LogP contribution in [0.2, 0.25) is 0 Å². The number of hydrogen-bond acceptors (Lipinski definition) is 8. The Morgan fingerprint density at radius 2 is 0.655 bits per heavy atom. The summed E-state index contributed by atoms with van der Waals surface area (Å²) in [5.74, 6) is 0. The van der Waals surface area contributed by atoms with Gasteiger partial charge in [0.25, 0.3) is 0 Å². The van der Waals surface area contributed by atoms with E-state index in [-0.39, 0.29) is 26.2 Å². The summed E-state index contributed by atoms with van der Waals surface area (Å²) in [5, 5.41) is 1.63. The van der Waals surface area contributed by atoms with Crippen molar-refractivity contribution in [3.8, 4) is 0 Å². The fourth-order valence-corrected chi connectivity index (χ4v) is 4.16. The van der Waals surface area contributed by atoms with E-state index in [1.165, 1.54) is 0 Å². The van der Waals surface area contributed by atoms with Crippen LogP contribution in [0.5, 0.6) is 0 Å². The van der Waals surface area contributed by atoms with Gasteiger partial charge in [0.1, 0.15) is 0 Å². The van der Waals surface area contributed by atoms with E-state index in [9.17, 15) is 0 Å². The molecule has 0 aromatic heterocycles. The van der Waals surface area contributed by atoms with Crippen molar-refractivity contribution >= 4 is 50.5 Å². The fraction of sp³-hybridized carbons (Fsp3) is 1.00. The molecule has 0 bridgehead atoms. The van der Waals surface area contributed by atoms with Gasteiger partial charge >= 0.3 is 26.2 Å². The van der Waals surface area contributed by atoms with Gasteiger partial charge < -0.3 is 69.5 Å². The first-order valence-electron chi connectivity index (χ1n) is 10.5. The quantitative estimate of drug-likeness (QED) is 0.487. The fourth-order valence-electron chi connectivity index (χ4n) is 2.77. The maximum atomic E-state index is 5.09. The molecule has 0 aliphatic carbocycles. The van der Waals surface area contributed by atoms with Crippen molar-refractivity contribution in [2.75, 3.05) is 26.4 Å². The molecular formula is C20H36O4S4Zr. The van der Waals surface area contributed by atoms with Gasteiger partial charge in [-0.2, -0.15) is 0 Å². The Kier molecular flexibility index (Phi) is 18.9. The Balaban J connectivity index is 0.000000356. The minimum Gasteiger partial charge on any atom is -0.785 e. The van der Waals surface area contributed by atoms with Crippen LogP contribution in [0.4, 0.5) is 0 Å². The maximum absolute atomic E-state index is 5.09. The summed E-state index contributed by atoms with van der Waals surface area (Å²) in [6.45, 7) is 11.6. The van der Waals surface area contributed by atoms with E-state index in [4.69, 9.17) is 69.5 Å². The minimum atomic E-state index is 0. The predicted octanol–water partition coefficient (Wildman–Crippen LogP) is 2.84. The summed E-state index contributed by atoms with van der Waals surface area (Å²) in [6, 6.07) is 0. The van der Waals surface area contributed by atoms with Crippen molar-refractivity contribution in [1.82, 2.24) is 0 Å². The second kappa shape index (κ2) is 17.6. The van der Waals surface area contributed by atoms with Crippen LogP contribution in [0.3, 0.4) is 0 Å². The van der Waals surface area contributed by atoms with Gasteiger partial charge in [-0.1, -0.05) is 27.7 Å². The van der Waals surface area contributed by atoms with Crippen LogP contribution < -0.4 is 0 Å². The summed E-state index contributed by atoms with van der Waals surface area (Å²) < 4.78 is 20.4. The molecule has 0 radical (unpaired) electrons. The van der Waals surface area contributed by atoms with Crippen molar-refractivity contribution < 1.29 is 45.2 Å². The van der Waals surface area contributed by atoms with E-state index < -0.39 is 0 Å². The Bertz CT molecular complexity index is 331. The third-order valence-electron chi connectivity index (χ3n) is 5.17. The van der Waals surface area contributed by atoms with Gasteiger partial charge in [0.05, 0.1) is 0 Å². The standard InChI is InChI=1S/4C5H10OS.Zr/c4*1-2-4-5(7)3-6-4;/h4*4-5,7H,2-3H2,1H3;/q;;;;+4/p-4. The zero-order valence-corrected chi connectivity index (χ0v) is 23.8. The molecular weight excluding hydrogens is 524 g/mol. The molecule has 0 amide bonds. The van der Waals surface area contributed by atoms with E-state index in [2.05, 4.69) is 27.7 Å². The normalized spacial score (nSPS) is 38.9. The Hall–Kier alpha value is 2.12. The Morgan fingerprint density at radius 3 is 0.655 bits per heavy atom. The summed E-state index contributed by atoms with van der Waals surface area (Å²) in [4.78, 5) is 0. The third kappa shape index (κ3) is 11.2. The summed E-state index contributed by atoms with van der Waals surface area (Å²) in [7, 11) is 0. The molecule has 0 spiro atoms. The first-order valence-corrected chi connectivity index (χ1v) is 12.4. The van der Waals surface area contributed by atoms with Crippen LogP contribution in [-0.2, 0) is 95.7 Å². The van der Waals surface area contributed by atoms with Crippen molar-refractivity contribution in [3.63, 3.8) is 0 Å². The molecule has 8 unspecified atom stereocenters. The summed E-state index contributed by atoms with van der Waals surface area (Å²) in [5.41, 5.74) is 0. The van der Waals surface area contributed by atoms with E-state index >= 15 is 0 Å². The van der Waals surface area contributed by atoms with Gasteiger partial charge in [0.2, 0.25) is 0 Å². The molecule has 4 aliphatic rings. The van der Waals surface area contributed by atoms with Crippen LogP contribution in [0.1, 0.15) is 53.4 Å². The van der Waals surface area contributed by atoms with Gasteiger partial charge in [0.15, 0.2) is 0 Å². The molecule has 0 aromatic carbocycles. The molecule has 4 nitrogen and oxygen atoms in total. The molecule has 0 saturated carbocycles. The molecule has 4 heterocycles. The number of hydrogen-bond donors (Lipinski definition) is 0. The largest absolute Gasteiger partial charge is 4.00 e. The van der Waals surface area contributed by atoms with Crippen molar-refractivity contribution in [2.45, 2.75) is 98.8 Å². The molecule has 29 heavy (non-hydrogen) atoms. The average molecular weight is 560 g/mol. The smallest absolute Gasteiger partial charge is 0.785 e. The van der Waals surface area contributed by atoms with Crippen LogP contribution >= 0.6 is 0 Å². The van der Waals surface area contributed by atoms with E-state index in [0.717, 1.165) is 52.1 Å². The third-order valence-corrected chi connectivity index (χ3v) is 6.93. The van der Waals surface area contributed by atoms with Gasteiger partial charge in [-0.25, -0.2) is 0 Å². The molecule has 0 N–H and O–H groups in total. The van der Waals surface area contributed by atoms with Crippen LogP contribution in [-0.4, -0.2) is 71.8 Å². The second-order valence-electron chi connectivity index (χ2n) is 7.27. The molecule has 4 aliphatic heterocycles. The molecule has 4 saturated heterocycles. The Labute approximate surface area is 219 Å². The van der Waals surface area contributed by atoms with E-state index in [1.54, 1.807) is 0 Å². The zero-order chi connectivity index (χ0) is 21.1. The zero-order valence-electron chi connectivity index (χ0n) is 18.0. The molecule has 8 atom stereocenters. The molecule has 4 rings (SSSR count). The van der Waals surface area contributed by atoms with Crippen molar-refractivity contribution in [1.29, 1.82) is 0 Å².